The van der Waals surface area contributed by atoms with Gasteiger partial charge in [0.05, 0.1) is 23.2 Å². The minimum absolute atomic E-state index is 0.0205. The van der Waals surface area contributed by atoms with Gasteiger partial charge in [-0.15, -0.1) is 0 Å². The number of hydrogen-bond acceptors (Lipinski definition) is 4. The van der Waals surface area contributed by atoms with E-state index in [1.54, 1.807) is 12.1 Å². The number of benzene rings is 1. The quantitative estimate of drug-likeness (QED) is 0.738. The Morgan fingerprint density at radius 3 is 2.64 bits per heavy atom. The number of halogens is 1. The van der Waals surface area contributed by atoms with Crippen molar-refractivity contribution in [3.63, 3.8) is 0 Å². The third-order valence-electron chi connectivity index (χ3n) is 4.23. The van der Waals surface area contributed by atoms with Crippen molar-refractivity contribution < 1.29 is 14.0 Å². The molecule has 4 N–H and O–H groups in total. The fraction of sp³-hybridized carbons (Fsp3) is 0.235. The van der Waals surface area contributed by atoms with E-state index in [1.165, 1.54) is 29.0 Å². The number of pyridine rings is 1. The van der Waals surface area contributed by atoms with E-state index in [2.05, 4.69) is 10.6 Å². The Morgan fingerprint density at radius 2 is 1.96 bits per heavy atom. The van der Waals surface area contributed by atoms with Gasteiger partial charge >= 0.3 is 0 Å². The van der Waals surface area contributed by atoms with Crippen LogP contribution in [0, 0.1) is 17.7 Å². The first-order valence-corrected chi connectivity index (χ1v) is 7.76. The fourth-order valence-electron chi connectivity index (χ4n) is 2.87. The van der Waals surface area contributed by atoms with Crippen LogP contribution in [0.3, 0.4) is 0 Å². The van der Waals surface area contributed by atoms with E-state index in [0.29, 0.717) is 18.8 Å². The van der Waals surface area contributed by atoms with Gasteiger partial charge in [-0.2, -0.15) is 0 Å². The maximum Gasteiger partial charge on any atom is 0.255 e. The summed E-state index contributed by atoms with van der Waals surface area (Å²) in [4.78, 5) is 35.5. The average Bonchev–Trinajstić information content (AvgIpc) is 3.07. The molecule has 0 radical (unpaired) electrons. The smallest absolute Gasteiger partial charge is 0.255 e. The summed E-state index contributed by atoms with van der Waals surface area (Å²) in [6.45, 7) is 0.629. The Balaban J connectivity index is 1.80. The SMILES string of the molecule is NC(=O)C1CNCC1C(=O)Nc1ccc(-n2ccccc2=O)cc1F. The lowest BCUT2D eigenvalue weighted by Gasteiger charge is -2.16. The molecule has 1 saturated heterocycles. The molecule has 1 aromatic carbocycles. The number of hydrogen-bond donors (Lipinski definition) is 3. The molecule has 25 heavy (non-hydrogen) atoms. The Bertz CT molecular complexity index is 880. The van der Waals surface area contributed by atoms with Crippen molar-refractivity contribution in [2.75, 3.05) is 18.4 Å². The van der Waals surface area contributed by atoms with E-state index in [-0.39, 0.29) is 11.2 Å². The van der Waals surface area contributed by atoms with Crippen molar-refractivity contribution in [2.45, 2.75) is 0 Å². The molecule has 2 heterocycles. The van der Waals surface area contributed by atoms with Gasteiger partial charge < -0.3 is 16.4 Å². The van der Waals surface area contributed by atoms with E-state index in [9.17, 15) is 18.8 Å². The summed E-state index contributed by atoms with van der Waals surface area (Å²) < 4.78 is 15.6. The minimum atomic E-state index is -0.678. The Morgan fingerprint density at radius 1 is 1.20 bits per heavy atom. The van der Waals surface area contributed by atoms with Gasteiger partial charge in [0, 0.05) is 31.4 Å². The summed E-state index contributed by atoms with van der Waals surface area (Å²) in [5.74, 6) is -2.98. The van der Waals surface area contributed by atoms with Crippen LogP contribution in [0.1, 0.15) is 0 Å². The standard InChI is InChI=1S/C17H17FN4O3/c18-13-7-10(22-6-2-1-3-15(22)23)4-5-14(13)21-17(25)12-9-20-8-11(12)16(19)24/h1-7,11-12,20H,8-9H2,(H2,19,24)(H,21,25). The second-order valence-electron chi connectivity index (χ2n) is 5.84. The molecule has 2 amide bonds. The monoisotopic (exact) mass is 344 g/mol. The van der Waals surface area contributed by atoms with Crippen LogP contribution in [0.4, 0.5) is 10.1 Å². The lowest BCUT2D eigenvalue weighted by molar-refractivity contribution is -0.128. The van der Waals surface area contributed by atoms with Crippen LogP contribution in [0.15, 0.2) is 47.4 Å². The van der Waals surface area contributed by atoms with E-state index < -0.39 is 29.5 Å². The molecule has 1 aromatic heterocycles. The van der Waals surface area contributed by atoms with Crippen LogP contribution in [0.25, 0.3) is 5.69 Å². The first-order chi connectivity index (χ1) is 12.0. The number of nitrogens with zero attached hydrogens (tertiary/aromatic N) is 1. The molecule has 0 saturated carbocycles. The van der Waals surface area contributed by atoms with Crippen molar-refractivity contribution in [3.8, 4) is 5.69 Å². The predicted molar refractivity (Wildman–Crippen MR) is 89.7 cm³/mol. The number of carbonyl (C=O) groups excluding carboxylic acids is 2. The molecule has 8 heteroatoms. The molecule has 0 bridgehead atoms. The van der Waals surface area contributed by atoms with Gasteiger partial charge in [0.2, 0.25) is 11.8 Å². The second-order valence-corrected chi connectivity index (χ2v) is 5.84. The minimum Gasteiger partial charge on any atom is -0.369 e. The normalized spacial score (nSPS) is 19.6. The third kappa shape index (κ3) is 3.43. The fourth-order valence-corrected chi connectivity index (χ4v) is 2.87. The average molecular weight is 344 g/mol. The molecule has 130 valence electrons. The van der Waals surface area contributed by atoms with Crippen LogP contribution in [-0.4, -0.2) is 29.5 Å². The molecule has 0 spiro atoms. The van der Waals surface area contributed by atoms with Gasteiger partial charge in [-0.05, 0) is 18.2 Å². The van der Waals surface area contributed by atoms with Crippen LogP contribution in [0.2, 0.25) is 0 Å². The van der Waals surface area contributed by atoms with Gasteiger partial charge in [-0.3, -0.25) is 19.0 Å². The number of carbonyl (C=O) groups is 2. The summed E-state index contributed by atoms with van der Waals surface area (Å²) >= 11 is 0. The Kier molecular flexibility index (Phi) is 4.62. The molecule has 1 aliphatic heterocycles. The Labute approximate surface area is 142 Å². The topological polar surface area (TPSA) is 106 Å². The van der Waals surface area contributed by atoms with Crippen molar-refractivity contribution in [3.05, 3.63) is 58.8 Å². The lowest BCUT2D eigenvalue weighted by Crippen LogP contribution is -2.36. The van der Waals surface area contributed by atoms with Crippen molar-refractivity contribution in [1.29, 1.82) is 0 Å². The van der Waals surface area contributed by atoms with Crippen molar-refractivity contribution >= 4 is 17.5 Å². The zero-order valence-corrected chi connectivity index (χ0v) is 13.2. The number of rotatable bonds is 4. The first-order valence-electron chi connectivity index (χ1n) is 7.76. The highest BCUT2D eigenvalue weighted by Crippen LogP contribution is 2.22. The predicted octanol–water partition coefficient (Wildman–Crippen LogP) is 0.236. The van der Waals surface area contributed by atoms with E-state index in [4.69, 9.17) is 5.73 Å². The van der Waals surface area contributed by atoms with Gasteiger partial charge in [0.1, 0.15) is 5.82 Å². The van der Waals surface area contributed by atoms with Crippen LogP contribution < -0.4 is 21.9 Å². The number of anilines is 1. The summed E-state index contributed by atoms with van der Waals surface area (Å²) in [5.41, 5.74) is 5.32. The molecule has 1 aliphatic rings. The van der Waals surface area contributed by atoms with Crippen molar-refractivity contribution in [1.82, 2.24) is 9.88 Å². The second kappa shape index (κ2) is 6.86. The third-order valence-corrected chi connectivity index (χ3v) is 4.23. The summed E-state index contributed by atoms with van der Waals surface area (Å²) in [5, 5.41) is 5.41. The van der Waals surface area contributed by atoms with Gasteiger partial charge in [-0.1, -0.05) is 6.07 Å². The van der Waals surface area contributed by atoms with Gasteiger partial charge in [-0.25, -0.2) is 4.39 Å². The number of nitrogens with one attached hydrogen (secondary N) is 2. The van der Waals surface area contributed by atoms with Crippen molar-refractivity contribution in [2.24, 2.45) is 17.6 Å². The number of aromatic nitrogens is 1. The highest BCUT2D eigenvalue weighted by molar-refractivity contribution is 5.96. The molecule has 2 aromatic rings. The summed E-state index contributed by atoms with van der Waals surface area (Å²) in [7, 11) is 0. The zero-order valence-electron chi connectivity index (χ0n) is 13.2. The van der Waals surface area contributed by atoms with Crippen LogP contribution in [0.5, 0.6) is 0 Å². The first kappa shape index (κ1) is 16.8. The van der Waals surface area contributed by atoms with Gasteiger partial charge in [0.25, 0.3) is 5.56 Å². The summed E-state index contributed by atoms with van der Waals surface area (Å²) in [6.07, 6.45) is 1.52. The molecule has 2 atom stereocenters. The highest BCUT2D eigenvalue weighted by atomic mass is 19.1. The molecular weight excluding hydrogens is 327 g/mol. The lowest BCUT2D eigenvalue weighted by atomic mass is 9.94. The van der Waals surface area contributed by atoms with E-state index in [1.807, 2.05) is 0 Å². The summed E-state index contributed by atoms with van der Waals surface area (Å²) in [6, 6.07) is 8.68. The Hall–Kier alpha value is -3.00. The number of primary amides is 1. The molecule has 1 fully saturated rings. The molecule has 2 unspecified atom stereocenters. The van der Waals surface area contributed by atoms with Gasteiger partial charge in [0.15, 0.2) is 0 Å². The van der Waals surface area contributed by atoms with E-state index >= 15 is 0 Å². The molecule has 3 rings (SSSR count). The number of nitrogens with two attached hydrogens (primary N) is 1. The van der Waals surface area contributed by atoms with E-state index in [0.717, 1.165) is 6.07 Å². The largest absolute Gasteiger partial charge is 0.369 e. The zero-order chi connectivity index (χ0) is 18.0. The highest BCUT2D eigenvalue weighted by Gasteiger charge is 2.36. The van der Waals surface area contributed by atoms with Crippen LogP contribution in [-0.2, 0) is 9.59 Å². The molecule has 7 nitrogen and oxygen atoms in total. The van der Waals surface area contributed by atoms with Crippen LogP contribution >= 0.6 is 0 Å². The maximum atomic E-state index is 14.3. The molecule has 0 aliphatic carbocycles. The maximum absolute atomic E-state index is 14.3. The molecular formula is C17H17FN4O3. The number of amides is 2.